The molecule has 0 amide bonds. The summed E-state index contributed by atoms with van der Waals surface area (Å²) in [6.07, 6.45) is 87.9. The molecule has 0 N–H and O–H groups in total. The molecule has 458 valence electrons. The van der Waals surface area contributed by atoms with E-state index in [1.807, 2.05) is 0 Å². The molecular weight excluding hydrogens is 973 g/mol. The second-order valence-corrected chi connectivity index (χ2v) is 23.1. The molecular formula is C73H130O6. The summed E-state index contributed by atoms with van der Waals surface area (Å²) >= 11 is 0. The lowest BCUT2D eigenvalue weighted by molar-refractivity contribution is -0.167. The number of esters is 3. The van der Waals surface area contributed by atoms with Gasteiger partial charge in [0.25, 0.3) is 0 Å². The van der Waals surface area contributed by atoms with Gasteiger partial charge in [-0.3, -0.25) is 14.4 Å². The third-order valence-corrected chi connectivity index (χ3v) is 15.2. The monoisotopic (exact) mass is 1100 g/mol. The van der Waals surface area contributed by atoms with Gasteiger partial charge in [-0.2, -0.15) is 0 Å². The maximum atomic E-state index is 12.9. The van der Waals surface area contributed by atoms with Gasteiger partial charge in [-0.1, -0.05) is 325 Å². The summed E-state index contributed by atoms with van der Waals surface area (Å²) in [5.74, 6) is -0.932. The van der Waals surface area contributed by atoms with Crippen molar-refractivity contribution in [2.45, 2.75) is 361 Å². The smallest absolute Gasteiger partial charge is 0.306 e. The van der Waals surface area contributed by atoms with Gasteiger partial charge in [0.05, 0.1) is 0 Å². The lowest BCUT2D eigenvalue weighted by Gasteiger charge is -2.18. The molecule has 79 heavy (non-hydrogen) atoms. The van der Waals surface area contributed by atoms with Gasteiger partial charge in [-0.15, -0.1) is 0 Å². The fourth-order valence-electron chi connectivity index (χ4n) is 10.1. The SMILES string of the molecule is CC/C=C\C/C=C\C/C=C\C/C=C\C/C=C\CCCC(=O)OC(COC(=O)CCCCCCCCCCCCCCCCC/C=C\CCCCCCCCCC)COC(=O)CCCCCCCCCCCCCCCCCCC. The van der Waals surface area contributed by atoms with Crippen LogP contribution in [0.3, 0.4) is 0 Å². The molecule has 0 aliphatic heterocycles. The average molecular weight is 1100 g/mol. The van der Waals surface area contributed by atoms with Crippen molar-refractivity contribution < 1.29 is 28.6 Å². The van der Waals surface area contributed by atoms with Crippen molar-refractivity contribution in [3.05, 3.63) is 72.9 Å². The van der Waals surface area contributed by atoms with E-state index in [0.717, 1.165) is 77.0 Å². The van der Waals surface area contributed by atoms with Crippen molar-refractivity contribution in [1.29, 1.82) is 0 Å². The zero-order valence-corrected chi connectivity index (χ0v) is 52.6. The predicted octanol–water partition coefficient (Wildman–Crippen LogP) is 23.7. The summed E-state index contributed by atoms with van der Waals surface area (Å²) in [5.41, 5.74) is 0. The number of allylic oxidation sites excluding steroid dienone is 12. The Morgan fingerprint density at radius 3 is 0.823 bits per heavy atom. The first-order valence-corrected chi connectivity index (χ1v) is 34.4. The van der Waals surface area contributed by atoms with E-state index in [0.29, 0.717) is 19.3 Å². The Kier molecular flexibility index (Phi) is 64.7. The predicted molar refractivity (Wildman–Crippen MR) is 344 cm³/mol. The zero-order valence-electron chi connectivity index (χ0n) is 52.6. The summed E-state index contributed by atoms with van der Waals surface area (Å²) in [6, 6.07) is 0. The van der Waals surface area contributed by atoms with Crippen LogP contribution in [0, 0.1) is 0 Å². The Balaban J connectivity index is 4.31. The molecule has 0 spiro atoms. The van der Waals surface area contributed by atoms with Crippen LogP contribution < -0.4 is 0 Å². The quantitative estimate of drug-likeness (QED) is 0.0261. The molecule has 6 nitrogen and oxygen atoms in total. The van der Waals surface area contributed by atoms with Crippen molar-refractivity contribution in [2.24, 2.45) is 0 Å². The van der Waals surface area contributed by atoms with Crippen LogP contribution in [0.4, 0.5) is 0 Å². The van der Waals surface area contributed by atoms with E-state index in [1.54, 1.807) is 0 Å². The van der Waals surface area contributed by atoms with Crippen LogP contribution in [0.1, 0.15) is 355 Å². The molecule has 1 unspecified atom stereocenters. The lowest BCUT2D eigenvalue weighted by atomic mass is 10.0. The van der Waals surface area contributed by atoms with Crippen LogP contribution in [0.25, 0.3) is 0 Å². The highest BCUT2D eigenvalue weighted by Crippen LogP contribution is 2.18. The highest BCUT2D eigenvalue weighted by Gasteiger charge is 2.19. The number of rotatable bonds is 63. The second kappa shape index (κ2) is 67.4. The molecule has 0 saturated carbocycles. The number of carbonyl (C=O) groups excluding carboxylic acids is 3. The maximum Gasteiger partial charge on any atom is 0.306 e. The van der Waals surface area contributed by atoms with E-state index >= 15 is 0 Å². The Morgan fingerprint density at radius 2 is 0.506 bits per heavy atom. The first kappa shape index (κ1) is 75.8. The Hall–Kier alpha value is -3.15. The summed E-state index contributed by atoms with van der Waals surface area (Å²) in [6.45, 7) is 6.54. The van der Waals surface area contributed by atoms with Crippen molar-refractivity contribution in [3.8, 4) is 0 Å². The molecule has 0 fully saturated rings. The van der Waals surface area contributed by atoms with Crippen LogP contribution in [0.15, 0.2) is 72.9 Å². The normalized spacial score (nSPS) is 12.5. The lowest BCUT2D eigenvalue weighted by Crippen LogP contribution is -2.30. The molecule has 0 heterocycles. The number of unbranched alkanes of at least 4 members (excludes halogenated alkanes) is 40. The van der Waals surface area contributed by atoms with Gasteiger partial charge >= 0.3 is 17.9 Å². The molecule has 0 aromatic carbocycles. The van der Waals surface area contributed by atoms with E-state index in [4.69, 9.17) is 14.2 Å². The molecule has 0 radical (unpaired) electrons. The molecule has 0 saturated heterocycles. The van der Waals surface area contributed by atoms with E-state index in [2.05, 4.69) is 93.7 Å². The van der Waals surface area contributed by atoms with E-state index in [-0.39, 0.29) is 37.5 Å². The van der Waals surface area contributed by atoms with Crippen molar-refractivity contribution in [3.63, 3.8) is 0 Å². The van der Waals surface area contributed by atoms with Crippen LogP contribution in [0.2, 0.25) is 0 Å². The minimum atomic E-state index is -0.804. The van der Waals surface area contributed by atoms with Gasteiger partial charge < -0.3 is 14.2 Å². The second-order valence-electron chi connectivity index (χ2n) is 23.1. The fraction of sp³-hybridized carbons (Fsp3) is 0.795. The fourth-order valence-corrected chi connectivity index (χ4v) is 10.1. The standard InChI is InChI=1S/C73H130O6/c1-4-7-10-13-16-19-22-25-28-31-32-33-34-35-36-37-38-39-40-43-45-48-51-54-57-60-63-66-72(75)78-69-70(79-73(76)67-64-61-58-55-52-49-46-42-30-27-24-21-18-15-12-9-6-3)68-77-71(74)65-62-59-56-53-50-47-44-41-29-26-23-20-17-14-11-8-5-2/h9,12,18,21,27,30-32,46,49,55,58,70H,4-8,10-11,13-17,19-20,22-26,28-29,33-45,47-48,50-54,56-57,59-69H2,1-3H3/b12-9-,21-18-,30-27-,32-31-,49-46-,58-55-. The highest BCUT2D eigenvalue weighted by molar-refractivity contribution is 5.71. The van der Waals surface area contributed by atoms with Gasteiger partial charge in [0, 0.05) is 19.3 Å². The summed E-state index contributed by atoms with van der Waals surface area (Å²) in [4.78, 5) is 38.4. The minimum absolute atomic E-state index is 0.0939. The van der Waals surface area contributed by atoms with Crippen LogP contribution in [-0.2, 0) is 28.6 Å². The molecule has 0 aromatic heterocycles. The molecule has 0 aliphatic carbocycles. The number of ether oxygens (including phenoxy) is 3. The van der Waals surface area contributed by atoms with Gasteiger partial charge in [0.2, 0.25) is 0 Å². The summed E-state index contributed by atoms with van der Waals surface area (Å²) < 4.78 is 16.9. The zero-order chi connectivity index (χ0) is 57.1. The van der Waals surface area contributed by atoms with E-state index < -0.39 is 6.10 Å². The maximum absolute atomic E-state index is 12.9. The number of carbonyl (C=O) groups is 3. The van der Waals surface area contributed by atoms with Crippen molar-refractivity contribution in [1.82, 2.24) is 0 Å². The highest BCUT2D eigenvalue weighted by atomic mass is 16.6. The summed E-state index contributed by atoms with van der Waals surface area (Å²) in [5, 5.41) is 0. The number of hydrogen-bond donors (Lipinski definition) is 0. The molecule has 0 aromatic rings. The topological polar surface area (TPSA) is 78.9 Å². The molecule has 0 aliphatic rings. The van der Waals surface area contributed by atoms with Crippen LogP contribution in [-0.4, -0.2) is 37.2 Å². The first-order valence-electron chi connectivity index (χ1n) is 34.4. The van der Waals surface area contributed by atoms with Crippen LogP contribution in [0.5, 0.6) is 0 Å². The van der Waals surface area contributed by atoms with E-state index in [1.165, 1.54) is 231 Å². The molecule has 6 heteroatoms. The Labute approximate surface area is 491 Å². The number of hydrogen-bond acceptors (Lipinski definition) is 6. The first-order chi connectivity index (χ1) is 39.0. The van der Waals surface area contributed by atoms with Gasteiger partial charge in [-0.25, -0.2) is 0 Å². The van der Waals surface area contributed by atoms with Crippen LogP contribution >= 0.6 is 0 Å². The van der Waals surface area contributed by atoms with Gasteiger partial charge in [0.1, 0.15) is 13.2 Å². The van der Waals surface area contributed by atoms with Crippen molar-refractivity contribution in [2.75, 3.05) is 13.2 Å². The van der Waals surface area contributed by atoms with Gasteiger partial charge in [-0.05, 0) is 83.5 Å². The average Bonchev–Trinajstić information content (AvgIpc) is 3.45. The Morgan fingerprint density at radius 1 is 0.266 bits per heavy atom. The van der Waals surface area contributed by atoms with Gasteiger partial charge in [0.15, 0.2) is 6.10 Å². The van der Waals surface area contributed by atoms with E-state index in [9.17, 15) is 14.4 Å². The largest absolute Gasteiger partial charge is 0.462 e. The molecule has 0 rings (SSSR count). The van der Waals surface area contributed by atoms with Crippen molar-refractivity contribution >= 4 is 17.9 Å². The molecule has 0 bridgehead atoms. The summed E-state index contributed by atoms with van der Waals surface area (Å²) in [7, 11) is 0. The third-order valence-electron chi connectivity index (χ3n) is 15.2. The minimum Gasteiger partial charge on any atom is -0.462 e. The third kappa shape index (κ3) is 65.5. The molecule has 1 atom stereocenters. The Bertz CT molecular complexity index is 1450.